The molecule has 1 aliphatic heterocycles. The van der Waals surface area contributed by atoms with Gasteiger partial charge in [-0.05, 0) is 19.4 Å². The smallest absolute Gasteiger partial charge is 0.153 e. The summed E-state index contributed by atoms with van der Waals surface area (Å²) in [4.78, 5) is 0. The molecule has 1 unspecified atom stereocenters. The number of rotatable bonds is 1. The molecule has 0 radical (unpaired) electrons. The van der Waals surface area contributed by atoms with Gasteiger partial charge in [0.2, 0.25) is 0 Å². The molecule has 1 fully saturated rings. The largest absolute Gasteiger partial charge is 0.507 e. The number of phenols is 1. The van der Waals surface area contributed by atoms with Crippen LogP contribution in [0.5, 0.6) is 5.75 Å². The molecule has 1 aromatic rings. The van der Waals surface area contributed by atoms with Gasteiger partial charge in [-0.1, -0.05) is 11.6 Å². The number of hydrogen-bond donors (Lipinski definition) is 2. The van der Waals surface area contributed by atoms with E-state index in [4.69, 9.17) is 11.6 Å². The first-order valence-electron chi connectivity index (χ1n) is 4.71. The van der Waals surface area contributed by atoms with Crippen LogP contribution in [-0.4, -0.2) is 11.7 Å². The zero-order chi connectivity index (χ0) is 11.0. The van der Waals surface area contributed by atoms with Gasteiger partial charge >= 0.3 is 0 Å². The molecule has 1 aromatic carbocycles. The Morgan fingerprint density at radius 3 is 2.80 bits per heavy atom. The normalized spacial score (nSPS) is 20.9. The Labute approximate surface area is 90.9 Å². The van der Waals surface area contributed by atoms with E-state index >= 15 is 0 Å². The van der Waals surface area contributed by atoms with Crippen LogP contribution in [0.25, 0.3) is 0 Å². The minimum atomic E-state index is -0.937. The lowest BCUT2D eigenvalue weighted by molar-refractivity contribution is 0.434. The topological polar surface area (TPSA) is 32.3 Å². The van der Waals surface area contributed by atoms with Crippen molar-refractivity contribution >= 4 is 11.6 Å². The predicted octanol–water partition coefficient (Wildman–Crippen LogP) is 2.75. The molecular weight excluding hydrogens is 224 g/mol. The molecule has 0 bridgehead atoms. The van der Waals surface area contributed by atoms with Gasteiger partial charge in [0.15, 0.2) is 5.82 Å². The highest BCUT2D eigenvalue weighted by Crippen LogP contribution is 2.36. The summed E-state index contributed by atoms with van der Waals surface area (Å²) in [6, 6.07) is 0.573. The lowest BCUT2D eigenvalue weighted by Gasteiger charge is -2.14. The van der Waals surface area contributed by atoms with Gasteiger partial charge < -0.3 is 10.4 Å². The summed E-state index contributed by atoms with van der Waals surface area (Å²) in [5.74, 6) is -2.18. The molecule has 1 aliphatic rings. The first-order chi connectivity index (χ1) is 7.11. The molecule has 1 heterocycles. The van der Waals surface area contributed by atoms with Gasteiger partial charge in [-0.25, -0.2) is 8.78 Å². The molecule has 0 spiro atoms. The molecule has 2 N–H and O–H groups in total. The maximum absolute atomic E-state index is 13.6. The Balaban J connectivity index is 2.50. The van der Waals surface area contributed by atoms with Crippen LogP contribution in [0.15, 0.2) is 6.07 Å². The van der Waals surface area contributed by atoms with Crippen molar-refractivity contribution in [1.82, 2.24) is 5.32 Å². The van der Waals surface area contributed by atoms with Crippen LogP contribution in [0.3, 0.4) is 0 Å². The van der Waals surface area contributed by atoms with Gasteiger partial charge in [-0.2, -0.15) is 0 Å². The van der Waals surface area contributed by atoms with Crippen molar-refractivity contribution in [1.29, 1.82) is 0 Å². The second-order valence-corrected chi connectivity index (χ2v) is 3.95. The van der Waals surface area contributed by atoms with Crippen molar-refractivity contribution < 1.29 is 13.9 Å². The van der Waals surface area contributed by atoms with Gasteiger partial charge in [0.25, 0.3) is 0 Å². The summed E-state index contributed by atoms with van der Waals surface area (Å²) >= 11 is 5.44. The van der Waals surface area contributed by atoms with Crippen molar-refractivity contribution in [2.24, 2.45) is 0 Å². The van der Waals surface area contributed by atoms with Crippen molar-refractivity contribution in [3.05, 3.63) is 28.3 Å². The van der Waals surface area contributed by atoms with E-state index in [9.17, 15) is 13.9 Å². The predicted molar refractivity (Wildman–Crippen MR) is 53.0 cm³/mol. The van der Waals surface area contributed by atoms with Gasteiger partial charge in [-0.3, -0.25) is 0 Å². The fraction of sp³-hybridized carbons (Fsp3) is 0.400. The molecule has 1 atom stereocenters. The Kier molecular flexibility index (Phi) is 2.80. The second kappa shape index (κ2) is 3.94. The third-order valence-electron chi connectivity index (χ3n) is 2.59. The number of aromatic hydroxyl groups is 1. The Hall–Kier alpha value is -0.870. The fourth-order valence-corrected chi connectivity index (χ4v) is 2.02. The Morgan fingerprint density at radius 1 is 1.47 bits per heavy atom. The fourth-order valence-electron chi connectivity index (χ4n) is 1.86. The van der Waals surface area contributed by atoms with Crippen LogP contribution < -0.4 is 5.32 Å². The molecule has 0 amide bonds. The van der Waals surface area contributed by atoms with E-state index in [0.29, 0.717) is 6.42 Å². The zero-order valence-corrected chi connectivity index (χ0v) is 8.61. The van der Waals surface area contributed by atoms with Crippen molar-refractivity contribution in [3.63, 3.8) is 0 Å². The Morgan fingerprint density at radius 2 is 2.20 bits per heavy atom. The monoisotopic (exact) mass is 233 g/mol. The second-order valence-electron chi connectivity index (χ2n) is 3.57. The third-order valence-corrected chi connectivity index (χ3v) is 2.93. The van der Waals surface area contributed by atoms with Gasteiger partial charge in [-0.15, -0.1) is 0 Å². The highest BCUT2D eigenvalue weighted by Gasteiger charge is 2.26. The molecule has 15 heavy (non-hydrogen) atoms. The summed E-state index contributed by atoms with van der Waals surface area (Å²) in [6.45, 7) is 0.762. The van der Waals surface area contributed by atoms with Crippen LogP contribution in [0, 0.1) is 11.6 Å². The lowest BCUT2D eigenvalue weighted by atomic mass is 10.0. The molecular formula is C10H10ClF2NO. The van der Waals surface area contributed by atoms with E-state index < -0.39 is 16.7 Å². The van der Waals surface area contributed by atoms with Gasteiger partial charge in [0.05, 0.1) is 0 Å². The summed E-state index contributed by atoms with van der Waals surface area (Å²) in [5, 5.41) is 11.9. The molecule has 1 saturated heterocycles. The summed E-state index contributed by atoms with van der Waals surface area (Å²) in [5.41, 5.74) is 0.0684. The van der Waals surface area contributed by atoms with Crippen LogP contribution >= 0.6 is 11.6 Å². The van der Waals surface area contributed by atoms with Crippen LogP contribution in [0.2, 0.25) is 5.02 Å². The lowest BCUT2D eigenvalue weighted by Crippen LogP contribution is -2.15. The van der Waals surface area contributed by atoms with Crippen molar-refractivity contribution in [2.75, 3.05) is 6.54 Å². The molecule has 82 valence electrons. The molecule has 0 aromatic heterocycles. The maximum atomic E-state index is 13.6. The molecule has 2 rings (SSSR count). The van der Waals surface area contributed by atoms with E-state index in [1.165, 1.54) is 0 Å². The van der Waals surface area contributed by atoms with E-state index in [0.717, 1.165) is 19.0 Å². The van der Waals surface area contributed by atoms with E-state index in [2.05, 4.69) is 5.32 Å². The average molecular weight is 234 g/mol. The minimum Gasteiger partial charge on any atom is -0.507 e. The quantitative estimate of drug-likeness (QED) is 0.731. The van der Waals surface area contributed by atoms with E-state index in [1.807, 2.05) is 0 Å². The van der Waals surface area contributed by atoms with Crippen molar-refractivity contribution in [3.8, 4) is 5.75 Å². The molecule has 0 aliphatic carbocycles. The molecule has 5 heteroatoms. The van der Waals surface area contributed by atoms with Crippen LogP contribution in [-0.2, 0) is 0 Å². The first-order valence-corrected chi connectivity index (χ1v) is 5.09. The van der Waals surface area contributed by atoms with E-state index in [-0.39, 0.29) is 17.4 Å². The summed E-state index contributed by atoms with van der Waals surface area (Å²) in [6.07, 6.45) is 1.62. The highest BCUT2D eigenvalue weighted by atomic mass is 35.5. The third kappa shape index (κ3) is 1.79. The number of nitrogens with one attached hydrogen (secondary N) is 1. The minimum absolute atomic E-state index is 0.0684. The number of halogens is 3. The summed E-state index contributed by atoms with van der Waals surface area (Å²) < 4.78 is 26.6. The average Bonchev–Trinajstić information content (AvgIpc) is 2.68. The number of hydrogen-bond acceptors (Lipinski definition) is 2. The first kappa shape index (κ1) is 10.6. The zero-order valence-electron chi connectivity index (χ0n) is 7.86. The number of benzene rings is 1. The van der Waals surface area contributed by atoms with Crippen LogP contribution in [0.4, 0.5) is 8.78 Å². The van der Waals surface area contributed by atoms with Gasteiger partial charge in [0.1, 0.15) is 16.6 Å². The van der Waals surface area contributed by atoms with E-state index in [1.54, 1.807) is 0 Å². The SMILES string of the molecule is Oc1cc(F)c(Cl)c(F)c1C1CCCN1. The summed E-state index contributed by atoms with van der Waals surface area (Å²) in [7, 11) is 0. The highest BCUT2D eigenvalue weighted by molar-refractivity contribution is 6.31. The Bertz CT molecular complexity index is 391. The standard InChI is InChI=1S/C10H10ClF2NO/c11-9-5(12)4-7(15)8(10(9)13)6-2-1-3-14-6/h4,6,14-15H,1-3H2. The maximum Gasteiger partial charge on any atom is 0.153 e. The molecule has 2 nitrogen and oxygen atoms in total. The molecule has 0 saturated carbocycles. The van der Waals surface area contributed by atoms with Crippen molar-refractivity contribution in [2.45, 2.75) is 18.9 Å². The van der Waals surface area contributed by atoms with Crippen LogP contribution in [0.1, 0.15) is 24.4 Å². The number of phenolic OH excluding ortho intramolecular Hbond substituents is 1. The van der Waals surface area contributed by atoms with Gasteiger partial charge in [0, 0.05) is 17.7 Å².